The van der Waals surface area contributed by atoms with Gasteiger partial charge in [0.15, 0.2) is 5.76 Å². The first kappa shape index (κ1) is 18.0. The van der Waals surface area contributed by atoms with Crippen LogP contribution in [0.15, 0.2) is 22.8 Å². The second kappa shape index (κ2) is 9.07. The number of nitriles is 1. The Morgan fingerprint density at radius 2 is 2.27 bits per heavy atom. The van der Waals surface area contributed by atoms with Crippen molar-refractivity contribution in [2.24, 2.45) is 0 Å². The smallest absolute Gasteiger partial charge is 0.287 e. The molecule has 1 atom stereocenters. The van der Waals surface area contributed by atoms with E-state index in [9.17, 15) is 9.59 Å². The van der Waals surface area contributed by atoms with Crippen LogP contribution in [0.4, 0.5) is 0 Å². The van der Waals surface area contributed by atoms with Crippen LogP contribution in [-0.2, 0) is 4.79 Å². The highest BCUT2D eigenvalue weighted by Gasteiger charge is 2.27. The SMILES string of the molecule is Cl.N#C[C@@H]1CCCN1C(=O)CNCCNC(=O)c1ccco1. The highest BCUT2D eigenvalue weighted by molar-refractivity contribution is 5.91. The molecule has 0 unspecified atom stereocenters. The van der Waals surface area contributed by atoms with E-state index in [0.29, 0.717) is 19.6 Å². The Morgan fingerprint density at radius 1 is 1.45 bits per heavy atom. The first-order valence-corrected chi connectivity index (χ1v) is 6.94. The molecule has 0 bridgehead atoms. The summed E-state index contributed by atoms with van der Waals surface area (Å²) in [4.78, 5) is 25.1. The number of nitrogens with zero attached hydrogens (tertiary/aromatic N) is 2. The monoisotopic (exact) mass is 326 g/mol. The molecule has 1 aromatic rings. The average molecular weight is 327 g/mol. The van der Waals surface area contributed by atoms with E-state index >= 15 is 0 Å². The minimum absolute atomic E-state index is 0. The van der Waals surface area contributed by atoms with Crippen molar-refractivity contribution in [1.29, 1.82) is 5.26 Å². The quantitative estimate of drug-likeness (QED) is 0.743. The van der Waals surface area contributed by atoms with Gasteiger partial charge in [0.05, 0.1) is 18.9 Å². The molecule has 1 aliphatic heterocycles. The summed E-state index contributed by atoms with van der Waals surface area (Å²) < 4.78 is 4.96. The predicted octanol–water partition coefficient (Wildman–Crippen LogP) is 0.535. The molecular formula is C14H19ClN4O3. The summed E-state index contributed by atoms with van der Waals surface area (Å²) in [5.74, 6) is -0.0892. The highest BCUT2D eigenvalue weighted by Crippen LogP contribution is 2.15. The number of nitrogens with one attached hydrogen (secondary N) is 2. The van der Waals surface area contributed by atoms with Crippen LogP contribution >= 0.6 is 12.4 Å². The van der Waals surface area contributed by atoms with Crippen molar-refractivity contribution >= 4 is 24.2 Å². The third kappa shape index (κ3) is 4.76. The van der Waals surface area contributed by atoms with Gasteiger partial charge < -0.3 is 20.0 Å². The zero-order valence-electron chi connectivity index (χ0n) is 12.1. The van der Waals surface area contributed by atoms with Crippen molar-refractivity contribution in [1.82, 2.24) is 15.5 Å². The van der Waals surface area contributed by atoms with Gasteiger partial charge in [0.1, 0.15) is 6.04 Å². The van der Waals surface area contributed by atoms with Crippen molar-refractivity contribution < 1.29 is 14.0 Å². The summed E-state index contributed by atoms with van der Waals surface area (Å²) in [6.45, 7) is 1.69. The van der Waals surface area contributed by atoms with Gasteiger partial charge in [-0.05, 0) is 25.0 Å². The number of amides is 2. The summed E-state index contributed by atoms with van der Waals surface area (Å²) in [5, 5.41) is 14.6. The molecule has 2 heterocycles. The van der Waals surface area contributed by atoms with E-state index in [-0.39, 0.29) is 42.6 Å². The van der Waals surface area contributed by atoms with Crippen LogP contribution in [-0.4, -0.2) is 48.9 Å². The zero-order valence-corrected chi connectivity index (χ0v) is 12.9. The molecule has 1 fully saturated rings. The lowest BCUT2D eigenvalue weighted by Crippen LogP contribution is -2.42. The van der Waals surface area contributed by atoms with Gasteiger partial charge in [0.2, 0.25) is 5.91 Å². The van der Waals surface area contributed by atoms with Crippen LogP contribution in [0.1, 0.15) is 23.4 Å². The van der Waals surface area contributed by atoms with Gasteiger partial charge >= 0.3 is 0 Å². The van der Waals surface area contributed by atoms with Crippen molar-refractivity contribution in [2.45, 2.75) is 18.9 Å². The second-order valence-electron chi connectivity index (χ2n) is 4.78. The fourth-order valence-corrected chi connectivity index (χ4v) is 2.26. The van der Waals surface area contributed by atoms with Crippen LogP contribution in [0.2, 0.25) is 0 Å². The molecule has 2 N–H and O–H groups in total. The Balaban J connectivity index is 0.00000242. The van der Waals surface area contributed by atoms with E-state index in [2.05, 4.69) is 16.7 Å². The molecule has 0 saturated carbocycles. The maximum absolute atomic E-state index is 11.9. The lowest BCUT2D eigenvalue weighted by Gasteiger charge is -2.19. The first-order chi connectivity index (χ1) is 10.2. The van der Waals surface area contributed by atoms with Crippen LogP contribution in [0.3, 0.4) is 0 Å². The zero-order chi connectivity index (χ0) is 15.1. The van der Waals surface area contributed by atoms with Crippen molar-refractivity contribution in [3.63, 3.8) is 0 Å². The average Bonchev–Trinajstić information content (AvgIpc) is 3.17. The molecule has 7 nitrogen and oxygen atoms in total. The number of hydrogen-bond acceptors (Lipinski definition) is 5. The summed E-state index contributed by atoms with van der Waals surface area (Å²) in [7, 11) is 0. The molecule has 1 aliphatic rings. The normalized spacial score (nSPS) is 16.7. The highest BCUT2D eigenvalue weighted by atomic mass is 35.5. The largest absolute Gasteiger partial charge is 0.459 e. The molecule has 2 amide bonds. The number of carbonyl (C=O) groups excluding carboxylic acids is 2. The summed E-state index contributed by atoms with van der Waals surface area (Å²) in [6, 6.07) is 5.07. The molecule has 8 heteroatoms. The van der Waals surface area contributed by atoms with Gasteiger partial charge in [-0.2, -0.15) is 5.26 Å². The molecule has 0 aromatic carbocycles. The molecule has 0 aliphatic carbocycles. The number of furan rings is 1. The van der Waals surface area contributed by atoms with Crippen molar-refractivity contribution in [3.8, 4) is 6.07 Å². The van der Waals surface area contributed by atoms with Crippen molar-refractivity contribution in [2.75, 3.05) is 26.2 Å². The molecule has 22 heavy (non-hydrogen) atoms. The Hall–Kier alpha value is -2.04. The van der Waals surface area contributed by atoms with Crippen molar-refractivity contribution in [3.05, 3.63) is 24.2 Å². The number of carbonyl (C=O) groups is 2. The lowest BCUT2D eigenvalue weighted by atomic mass is 10.2. The molecule has 0 radical (unpaired) electrons. The van der Waals surface area contributed by atoms with Crippen LogP contribution < -0.4 is 10.6 Å². The van der Waals surface area contributed by atoms with Gasteiger partial charge in [-0.1, -0.05) is 0 Å². The van der Waals surface area contributed by atoms with Gasteiger partial charge in [-0.15, -0.1) is 12.4 Å². The standard InChI is InChI=1S/C14H18N4O3.ClH/c15-9-11-3-1-7-18(11)13(19)10-16-5-6-17-14(20)12-4-2-8-21-12;/h2,4,8,11,16H,1,3,5-7,10H2,(H,17,20);1H/t11-;/m0./s1. The number of halogens is 1. The summed E-state index contributed by atoms with van der Waals surface area (Å²) in [6.07, 6.45) is 3.07. The van der Waals surface area contributed by atoms with E-state index in [4.69, 9.17) is 9.68 Å². The number of likely N-dealkylation sites (tertiary alicyclic amines) is 1. The Morgan fingerprint density at radius 3 is 2.95 bits per heavy atom. The molecule has 2 rings (SSSR count). The van der Waals surface area contributed by atoms with Gasteiger partial charge in [-0.25, -0.2) is 0 Å². The fourth-order valence-electron chi connectivity index (χ4n) is 2.26. The van der Waals surface area contributed by atoms with E-state index in [1.807, 2.05) is 0 Å². The van der Waals surface area contributed by atoms with Crippen LogP contribution in [0.25, 0.3) is 0 Å². The molecular weight excluding hydrogens is 308 g/mol. The second-order valence-corrected chi connectivity index (χ2v) is 4.78. The van der Waals surface area contributed by atoms with Gasteiger partial charge in [-0.3, -0.25) is 9.59 Å². The molecule has 1 saturated heterocycles. The minimum Gasteiger partial charge on any atom is -0.459 e. The third-order valence-electron chi connectivity index (χ3n) is 3.33. The fraction of sp³-hybridized carbons (Fsp3) is 0.500. The number of hydrogen-bond donors (Lipinski definition) is 2. The van der Waals surface area contributed by atoms with Crippen LogP contribution in [0, 0.1) is 11.3 Å². The Labute approximate surface area is 135 Å². The maximum atomic E-state index is 11.9. The van der Waals surface area contributed by atoms with E-state index < -0.39 is 0 Å². The maximum Gasteiger partial charge on any atom is 0.287 e. The van der Waals surface area contributed by atoms with E-state index in [0.717, 1.165) is 12.8 Å². The Kier molecular flexibility index (Phi) is 7.43. The lowest BCUT2D eigenvalue weighted by molar-refractivity contribution is -0.130. The Bertz CT molecular complexity index is 527. The van der Waals surface area contributed by atoms with E-state index in [1.54, 1.807) is 17.0 Å². The van der Waals surface area contributed by atoms with Gasteiger partial charge in [0, 0.05) is 19.6 Å². The molecule has 120 valence electrons. The minimum atomic E-state index is -0.294. The topological polar surface area (TPSA) is 98.4 Å². The molecule has 1 aromatic heterocycles. The third-order valence-corrected chi connectivity index (χ3v) is 3.33. The first-order valence-electron chi connectivity index (χ1n) is 6.94. The summed E-state index contributed by atoms with van der Waals surface area (Å²) in [5.41, 5.74) is 0. The van der Waals surface area contributed by atoms with Crippen LogP contribution in [0.5, 0.6) is 0 Å². The predicted molar refractivity (Wildman–Crippen MR) is 81.5 cm³/mol. The van der Waals surface area contributed by atoms with Gasteiger partial charge in [0.25, 0.3) is 5.91 Å². The van der Waals surface area contributed by atoms with E-state index in [1.165, 1.54) is 6.26 Å². The number of rotatable bonds is 6. The summed E-state index contributed by atoms with van der Waals surface area (Å²) >= 11 is 0. The molecule has 0 spiro atoms.